The van der Waals surface area contributed by atoms with Gasteiger partial charge >= 0.3 is 0 Å². The smallest absolute Gasteiger partial charge is 0.120 e. The van der Waals surface area contributed by atoms with E-state index in [1.165, 1.54) is 19.5 Å². The molecule has 3 heteroatoms. The van der Waals surface area contributed by atoms with Gasteiger partial charge < -0.3 is 15.0 Å². The number of benzene rings is 1. The normalized spacial score (nSPS) is 25.6. The highest BCUT2D eigenvalue weighted by Gasteiger charge is 2.23. The van der Waals surface area contributed by atoms with Gasteiger partial charge in [0.25, 0.3) is 0 Å². The van der Waals surface area contributed by atoms with Crippen LogP contribution in [0.4, 0.5) is 5.69 Å². The number of anilines is 1. The van der Waals surface area contributed by atoms with Crippen molar-refractivity contribution in [3.05, 3.63) is 24.3 Å². The molecular formula is C14H22N2O. The van der Waals surface area contributed by atoms with Crippen LogP contribution in [0.25, 0.3) is 0 Å². The molecule has 1 saturated heterocycles. The maximum absolute atomic E-state index is 5.24. The summed E-state index contributed by atoms with van der Waals surface area (Å²) in [5, 5.41) is 3.62. The van der Waals surface area contributed by atoms with Crippen LogP contribution in [0.5, 0.6) is 5.75 Å². The molecule has 0 spiro atoms. The molecule has 1 N–H and O–H groups in total. The van der Waals surface area contributed by atoms with E-state index >= 15 is 0 Å². The maximum Gasteiger partial charge on any atom is 0.120 e. The molecular weight excluding hydrogens is 212 g/mol. The molecule has 0 radical (unpaired) electrons. The third kappa shape index (κ3) is 3.13. The number of piperidine rings is 1. The summed E-state index contributed by atoms with van der Waals surface area (Å²) in [4.78, 5) is 2.40. The summed E-state index contributed by atoms with van der Waals surface area (Å²) in [6.45, 7) is 4.65. The predicted octanol–water partition coefficient (Wildman–Crippen LogP) is 2.45. The third-order valence-corrected chi connectivity index (χ3v) is 3.53. The molecule has 0 aromatic heterocycles. The van der Waals surface area contributed by atoms with Gasteiger partial charge in [0, 0.05) is 24.3 Å². The van der Waals surface area contributed by atoms with Gasteiger partial charge in [-0.15, -0.1) is 0 Å². The minimum absolute atomic E-state index is 0.568. The van der Waals surface area contributed by atoms with Crippen LogP contribution in [0.3, 0.4) is 0 Å². The van der Waals surface area contributed by atoms with Crippen molar-refractivity contribution < 1.29 is 4.74 Å². The molecule has 94 valence electrons. The number of methoxy groups -OCH3 is 1. The van der Waals surface area contributed by atoms with Crippen LogP contribution in [0, 0.1) is 5.92 Å². The number of nitrogens with zero attached hydrogens (tertiary/aromatic N) is 1. The Labute approximate surface area is 104 Å². The van der Waals surface area contributed by atoms with E-state index in [1.807, 2.05) is 12.1 Å². The molecule has 17 heavy (non-hydrogen) atoms. The topological polar surface area (TPSA) is 24.5 Å². The Morgan fingerprint density at radius 3 is 2.94 bits per heavy atom. The molecule has 2 rings (SSSR count). The molecule has 1 heterocycles. The number of ether oxygens (including phenoxy) is 1. The maximum atomic E-state index is 5.24. The van der Waals surface area contributed by atoms with Gasteiger partial charge in [0.15, 0.2) is 0 Å². The van der Waals surface area contributed by atoms with E-state index in [0.29, 0.717) is 12.0 Å². The Morgan fingerprint density at radius 2 is 2.24 bits per heavy atom. The Bertz CT molecular complexity index is 367. The first-order valence-corrected chi connectivity index (χ1v) is 6.28. The fraction of sp³-hybridized carbons (Fsp3) is 0.571. The minimum atomic E-state index is 0.568. The average molecular weight is 234 g/mol. The number of nitrogens with one attached hydrogen (secondary N) is 1. The molecule has 1 aromatic rings. The zero-order chi connectivity index (χ0) is 12.3. The van der Waals surface area contributed by atoms with Gasteiger partial charge in [-0.25, -0.2) is 0 Å². The second kappa shape index (κ2) is 5.41. The molecule has 1 aromatic carbocycles. The summed E-state index contributed by atoms with van der Waals surface area (Å²) in [6.07, 6.45) is 1.20. The first-order chi connectivity index (χ1) is 8.19. The Hall–Kier alpha value is -1.22. The molecule has 0 unspecified atom stereocenters. The summed E-state index contributed by atoms with van der Waals surface area (Å²) >= 11 is 0. The van der Waals surface area contributed by atoms with E-state index < -0.39 is 0 Å². The summed E-state index contributed by atoms with van der Waals surface area (Å²) < 4.78 is 5.24. The van der Waals surface area contributed by atoms with Crippen molar-refractivity contribution in [3.8, 4) is 5.75 Å². The monoisotopic (exact) mass is 234 g/mol. The Morgan fingerprint density at radius 1 is 1.41 bits per heavy atom. The lowest BCUT2D eigenvalue weighted by Crippen LogP contribution is -2.43. The van der Waals surface area contributed by atoms with E-state index in [0.717, 1.165) is 11.4 Å². The van der Waals surface area contributed by atoms with Gasteiger partial charge in [-0.2, -0.15) is 0 Å². The van der Waals surface area contributed by atoms with Gasteiger partial charge in [-0.3, -0.25) is 0 Å². The Balaban J connectivity index is 2.00. The highest BCUT2D eigenvalue weighted by molar-refractivity contribution is 5.49. The second-order valence-corrected chi connectivity index (χ2v) is 5.01. The van der Waals surface area contributed by atoms with Crippen LogP contribution >= 0.6 is 0 Å². The van der Waals surface area contributed by atoms with Crippen molar-refractivity contribution in [1.29, 1.82) is 0 Å². The molecule has 0 amide bonds. The van der Waals surface area contributed by atoms with Crippen molar-refractivity contribution in [2.75, 3.05) is 32.6 Å². The van der Waals surface area contributed by atoms with Gasteiger partial charge in [-0.1, -0.05) is 13.0 Å². The summed E-state index contributed by atoms with van der Waals surface area (Å²) in [6, 6.07) is 8.74. The van der Waals surface area contributed by atoms with Gasteiger partial charge in [0.1, 0.15) is 5.75 Å². The minimum Gasteiger partial charge on any atom is -0.497 e. The van der Waals surface area contributed by atoms with Crippen LogP contribution in [-0.2, 0) is 0 Å². The lowest BCUT2D eigenvalue weighted by Gasteiger charge is -2.35. The number of likely N-dealkylation sites (tertiary alicyclic amines) is 1. The highest BCUT2D eigenvalue weighted by Crippen LogP contribution is 2.23. The van der Waals surface area contributed by atoms with Gasteiger partial charge in [-0.05, 0) is 38.1 Å². The number of rotatable bonds is 3. The van der Waals surface area contributed by atoms with Crippen molar-refractivity contribution in [2.45, 2.75) is 19.4 Å². The fourth-order valence-corrected chi connectivity index (χ4v) is 2.50. The van der Waals surface area contributed by atoms with Crippen LogP contribution in [0.1, 0.15) is 13.3 Å². The lowest BCUT2D eigenvalue weighted by atomic mass is 9.94. The molecule has 1 aliphatic heterocycles. The van der Waals surface area contributed by atoms with Crippen molar-refractivity contribution in [1.82, 2.24) is 4.90 Å². The largest absolute Gasteiger partial charge is 0.497 e. The van der Waals surface area contributed by atoms with E-state index in [9.17, 15) is 0 Å². The average Bonchev–Trinajstić information content (AvgIpc) is 2.33. The van der Waals surface area contributed by atoms with Gasteiger partial charge in [0.05, 0.1) is 7.11 Å². The van der Waals surface area contributed by atoms with Crippen LogP contribution in [-0.4, -0.2) is 38.2 Å². The number of hydrogen-bond donors (Lipinski definition) is 1. The van der Waals surface area contributed by atoms with Crippen LogP contribution in [0.15, 0.2) is 24.3 Å². The lowest BCUT2D eigenvalue weighted by molar-refractivity contribution is 0.206. The Kier molecular flexibility index (Phi) is 3.89. The van der Waals surface area contributed by atoms with Crippen molar-refractivity contribution in [3.63, 3.8) is 0 Å². The predicted molar refractivity (Wildman–Crippen MR) is 71.7 cm³/mol. The van der Waals surface area contributed by atoms with E-state index in [4.69, 9.17) is 4.74 Å². The van der Waals surface area contributed by atoms with Crippen molar-refractivity contribution in [2.24, 2.45) is 5.92 Å². The van der Waals surface area contributed by atoms with Crippen LogP contribution in [0.2, 0.25) is 0 Å². The van der Waals surface area contributed by atoms with Crippen molar-refractivity contribution >= 4 is 5.69 Å². The molecule has 1 aliphatic rings. The third-order valence-electron chi connectivity index (χ3n) is 3.53. The van der Waals surface area contributed by atoms with E-state index in [2.05, 4.69) is 36.3 Å². The van der Waals surface area contributed by atoms with E-state index in [1.54, 1.807) is 7.11 Å². The standard InChI is InChI=1S/C14H22N2O/c1-11-10-16(2)8-7-14(11)15-12-5-4-6-13(9-12)17-3/h4-6,9,11,14-15H,7-8,10H2,1-3H3/t11-,14-/m1/s1. The van der Waals surface area contributed by atoms with Gasteiger partial charge in [0.2, 0.25) is 0 Å². The molecule has 1 fully saturated rings. The molecule has 2 atom stereocenters. The van der Waals surface area contributed by atoms with E-state index in [-0.39, 0.29) is 0 Å². The van der Waals surface area contributed by atoms with Crippen LogP contribution < -0.4 is 10.1 Å². The molecule has 0 aliphatic carbocycles. The quantitative estimate of drug-likeness (QED) is 0.869. The fourth-order valence-electron chi connectivity index (χ4n) is 2.50. The highest BCUT2D eigenvalue weighted by atomic mass is 16.5. The summed E-state index contributed by atoms with van der Waals surface area (Å²) in [7, 11) is 3.90. The summed E-state index contributed by atoms with van der Waals surface area (Å²) in [5.41, 5.74) is 1.16. The molecule has 3 nitrogen and oxygen atoms in total. The second-order valence-electron chi connectivity index (χ2n) is 5.01. The zero-order valence-corrected chi connectivity index (χ0v) is 10.9. The first kappa shape index (κ1) is 12.2. The molecule has 0 saturated carbocycles. The number of hydrogen-bond acceptors (Lipinski definition) is 3. The zero-order valence-electron chi connectivity index (χ0n) is 10.9. The summed E-state index contributed by atoms with van der Waals surface area (Å²) in [5.74, 6) is 1.59. The SMILES string of the molecule is COc1cccc(N[C@@H]2CCN(C)C[C@H]2C)c1. The first-order valence-electron chi connectivity index (χ1n) is 6.28. The molecule has 0 bridgehead atoms.